The van der Waals surface area contributed by atoms with Gasteiger partial charge in [-0.05, 0) is 12.1 Å². The molecule has 0 saturated carbocycles. The predicted octanol–water partition coefficient (Wildman–Crippen LogP) is 2.47. The molecule has 0 unspecified atom stereocenters. The molecule has 0 aliphatic rings. The lowest BCUT2D eigenvalue weighted by Crippen LogP contribution is -1.83. The lowest BCUT2D eigenvalue weighted by atomic mass is 10.2. The number of thiol groups is 1. The van der Waals surface area contributed by atoms with E-state index in [1.165, 1.54) is 6.07 Å². The summed E-state index contributed by atoms with van der Waals surface area (Å²) in [5, 5.41) is 9.39. The Kier molecular flexibility index (Phi) is 3.47. The largest absolute Gasteiger partial charge is 0.504 e. The Morgan fingerprint density at radius 1 is 1.54 bits per heavy atom. The van der Waals surface area contributed by atoms with Gasteiger partial charge in [0.05, 0.1) is 11.3 Å². The van der Waals surface area contributed by atoms with E-state index in [4.69, 9.17) is 11.6 Å². The Morgan fingerprint density at radius 3 is 2.85 bits per heavy atom. The van der Waals surface area contributed by atoms with Gasteiger partial charge in [-0.15, -0.1) is 0 Å². The minimum atomic E-state index is -0.768. The van der Waals surface area contributed by atoms with Crippen molar-refractivity contribution in [2.24, 2.45) is 0 Å². The Bertz CT molecular complexity index is 381. The molecule has 68 valence electrons. The second-order valence-corrected chi connectivity index (χ2v) is 3.00. The van der Waals surface area contributed by atoms with Crippen molar-refractivity contribution < 1.29 is 9.50 Å². The SMILES string of the molecule is Oc1c(F)cc(Cl)cc1C#CCS. The molecular weight excluding hydrogens is 211 g/mol. The molecular formula is C9H6ClFOS. The molecule has 0 amide bonds. The van der Waals surface area contributed by atoms with Crippen LogP contribution in [0.1, 0.15) is 5.56 Å². The second-order valence-electron chi connectivity index (χ2n) is 2.24. The molecule has 0 aromatic heterocycles. The molecule has 1 nitrogen and oxygen atoms in total. The highest BCUT2D eigenvalue weighted by Gasteiger charge is 2.06. The molecule has 0 spiro atoms. The number of halogens is 2. The van der Waals surface area contributed by atoms with Gasteiger partial charge in [-0.2, -0.15) is 12.6 Å². The number of hydrogen-bond acceptors (Lipinski definition) is 2. The fourth-order valence-corrected chi connectivity index (χ4v) is 1.08. The maximum absolute atomic E-state index is 12.8. The summed E-state index contributed by atoms with van der Waals surface area (Å²) in [5.41, 5.74) is 0.180. The first-order valence-electron chi connectivity index (χ1n) is 3.43. The number of phenols is 1. The highest BCUT2D eigenvalue weighted by Crippen LogP contribution is 2.24. The van der Waals surface area contributed by atoms with Crippen LogP contribution >= 0.6 is 24.2 Å². The number of aromatic hydroxyl groups is 1. The number of rotatable bonds is 0. The molecule has 1 aromatic carbocycles. The Morgan fingerprint density at radius 2 is 2.23 bits per heavy atom. The van der Waals surface area contributed by atoms with E-state index in [1.54, 1.807) is 0 Å². The van der Waals surface area contributed by atoms with E-state index in [2.05, 4.69) is 24.5 Å². The molecule has 0 fully saturated rings. The number of hydrogen-bond donors (Lipinski definition) is 2. The van der Waals surface area contributed by atoms with Crippen LogP contribution in [0.15, 0.2) is 12.1 Å². The average Bonchev–Trinajstić information content (AvgIpc) is 2.09. The van der Waals surface area contributed by atoms with Crippen molar-refractivity contribution in [1.29, 1.82) is 0 Å². The van der Waals surface area contributed by atoms with E-state index >= 15 is 0 Å². The zero-order chi connectivity index (χ0) is 9.84. The van der Waals surface area contributed by atoms with E-state index in [-0.39, 0.29) is 10.6 Å². The third kappa shape index (κ3) is 2.55. The van der Waals surface area contributed by atoms with Crippen LogP contribution in [-0.2, 0) is 0 Å². The molecule has 0 bridgehead atoms. The van der Waals surface area contributed by atoms with Gasteiger partial charge < -0.3 is 5.11 Å². The van der Waals surface area contributed by atoms with Gasteiger partial charge in [0.1, 0.15) is 0 Å². The van der Waals surface area contributed by atoms with Gasteiger partial charge in [-0.3, -0.25) is 0 Å². The van der Waals surface area contributed by atoms with Crippen molar-refractivity contribution in [3.05, 3.63) is 28.5 Å². The van der Waals surface area contributed by atoms with Crippen molar-refractivity contribution >= 4 is 24.2 Å². The summed E-state index contributed by atoms with van der Waals surface area (Å²) in [6.07, 6.45) is 0. The van der Waals surface area contributed by atoms with Crippen LogP contribution in [0.3, 0.4) is 0 Å². The van der Waals surface area contributed by atoms with Crippen molar-refractivity contribution in [1.82, 2.24) is 0 Å². The van der Waals surface area contributed by atoms with E-state index in [9.17, 15) is 9.50 Å². The van der Waals surface area contributed by atoms with Crippen LogP contribution < -0.4 is 0 Å². The van der Waals surface area contributed by atoms with E-state index < -0.39 is 11.6 Å². The van der Waals surface area contributed by atoms with E-state index in [0.717, 1.165) is 6.07 Å². The van der Waals surface area contributed by atoms with Crippen LogP contribution in [0, 0.1) is 17.7 Å². The normalized spacial score (nSPS) is 9.15. The maximum Gasteiger partial charge on any atom is 0.167 e. The molecule has 0 atom stereocenters. The Balaban J connectivity index is 3.20. The molecule has 1 N–H and O–H groups in total. The first-order valence-corrected chi connectivity index (χ1v) is 4.44. The van der Waals surface area contributed by atoms with Gasteiger partial charge >= 0.3 is 0 Å². The minimum Gasteiger partial charge on any atom is -0.504 e. The molecule has 0 heterocycles. The second kappa shape index (κ2) is 4.40. The summed E-state index contributed by atoms with van der Waals surface area (Å²) in [5.74, 6) is 4.23. The summed E-state index contributed by atoms with van der Waals surface area (Å²) in [6.45, 7) is 0. The van der Waals surface area contributed by atoms with Gasteiger partial charge in [0.2, 0.25) is 0 Å². The summed E-state index contributed by atoms with van der Waals surface area (Å²) >= 11 is 9.42. The average molecular weight is 217 g/mol. The Labute approximate surface area is 85.9 Å². The smallest absolute Gasteiger partial charge is 0.167 e. The van der Waals surface area contributed by atoms with Gasteiger partial charge in [0.15, 0.2) is 11.6 Å². The molecule has 4 heteroatoms. The van der Waals surface area contributed by atoms with Gasteiger partial charge in [-0.25, -0.2) is 4.39 Å². The quantitative estimate of drug-likeness (QED) is 0.504. The molecule has 1 rings (SSSR count). The van der Waals surface area contributed by atoms with Crippen LogP contribution in [0.4, 0.5) is 4.39 Å². The van der Waals surface area contributed by atoms with Gasteiger partial charge in [0.25, 0.3) is 0 Å². The topological polar surface area (TPSA) is 20.2 Å². The fraction of sp³-hybridized carbons (Fsp3) is 0.111. The van der Waals surface area contributed by atoms with Crippen molar-refractivity contribution in [3.63, 3.8) is 0 Å². The summed E-state index contributed by atoms with van der Waals surface area (Å²) in [7, 11) is 0. The number of phenolic OH excluding ortho intramolecular Hbond substituents is 1. The van der Waals surface area contributed by atoms with Crippen LogP contribution in [-0.4, -0.2) is 10.9 Å². The van der Waals surface area contributed by atoms with Crippen LogP contribution in [0.2, 0.25) is 5.02 Å². The minimum absolute atomic E-state index is 0.180. The fourth-order valence-electron chi connectivity index (χ4n) is 0.796. The zero-order valence-corrected chi connectivity index (χ0v) is 8.16. The highest BCUT2D eigenvalue weighted by molar-refractivity contribution is 7.80. The van der Waals surface area contributed by atoms with E-state index in [0.29, 0.717) is 5.75 Å². The maximum atomic E-state index is 12.8. The van der Waals surface area contributed by atoms with Crippen molar-refractivity contribution in [2.45, 2.75) is 0 Å². The molecule has 13 heavy (non-hydrogen) atoms. The summed E-state index contributed by atoms with van der Waals surface area (Å²) in [4.78, 5) is 0. The zero-order valence-electron chi connectivity index (χ0n) is 6.51. The number of benzene rings is 1. The Hall–Kier alpha value is -0.850. The predicted molar refractivity (Wildman–Crippen MR) is 53.8 cm³/mol. The highest BCUT2D eigenvalue weighted by atomic mass is 35.5. The summed E-state index contributed by atoms with van der Waals surface area (Å²) < 4.78 is 12.8. The first-order chi connectivity index (χ1) is 6.15. The van der Waals surface area contributed by atoms with Gasteiger partial charge in [0, 0.05) is 5.02 Å². The molecule has 0 aliphatic heterocycles. The lowest BCUT2D eigenvalue weighted by Gasteiger charge is -1.98. The molecule has 1 aromatic rings. The summed E-state index contributed by atoms with van der Waals surface area (Å²) in [6, 6.07) is 2.43. The van der Waals surface area contributed by atoms with Crippen molar-refractivity contribution in [3.8, 4) is 17.6 Å². The third-order valence-corrected chi connectivity index (χ3v) is 1.71. The van der Waals surface area contributed by atoms with Crippen molar-refractivity contribution in [2.75, 3.05) is 5.75 Å². The standard InChI is InChI=1S/C9H6ClFOS/c10-7-4-6(2-1-3-13)9(12)8(11)5-7/h4-5,12-13H,3H2. The lowest BCUT2D eigenvalue weighted by molar-refractivity contribution is 0.431. The molecule has 0 radical (unpaired) electrons. The van der Waals surface area contributed by atoms with E-state index in [1.807, 2.05) is 0 Å². The monoisotopic (exact) mass is 216 g/mol. The molecule has 0 saturated heterocycles. The van der Waals surface area contributed by atoms with Gasteiger partial charge in [-0.1, -0.05) is 23.4 Å². The third-order valence-electron chi connectivity index (χ3n) is 1.33. The first kappa shape index (κ1) is 10.2. The molecule has 0 aliphatic carbocycles. The van der Waals surface area contributed by atoms with Crippen LogP contribution in [0.5, 0.6) is 5.75 Å². The van der Waals surface area contributed by atoms with Crippen LogP contribution in [0.25, 0.3) is 0 Å².